The predicted molar refractivity (Wildman–Crippen MR) is 71.1 cm³/mol. The van der Waals surface area contributed by atoms with Gasteiger partial charge in [0.2, 0.25) is 0 Å². The molecule has 0 spiro atoms. The van der Waals surface area contributed by atoms with Crippen LogP contribution in [0.2, 0.25) is 0 Å². The average Bonchev–Trinajstić information content (AvgIpc) is 2.97. The van der Waals surface area contributed by atoms with Gasteiger partial charge in [-0.05, 0) is 44.2 Å². The third kappa shape index (κ3) is 2.57. The van der Waals surface area contributed by atoms with Crippen molar-refractivity contribution in [2.24, 2.45) is 11.8 Å². The Labute approximate surface area is 109 Å². The molecule has 2 fully saturated rings. The van der Waals surface area contributed by atoms with Gasteiger partial charge in [0.1, 0.15) is 0 Å². The van der Waals surface area contributed by atoms with Gasteiger partial charge in [0.15, 0.2) is 0 Å². The Hall–Kier alpha value is -0.930. The van der Waals surface area contributed by atoms with Crippen molar-refractivity contribution in [3.05, 3.63) is 30.1 Å². The first kappa shape index (κ1) is 12.1. The van der Waals surface area contributed by atoms with Crippen LogP contribution in [0.1, 0.15) is 26.0 Å². The van der Waals surface area contributed by atoms with Crippen LogP contribution < -0.4 is 0 Å². The van der Waals surface area contributed by atoms with Crippen LogP contribution in [0.3, 0.4) is 0 Å². The molecule has 3 rings (SSSR count). The van der Waals surface area contributed by atoms with Gasteiger partial charge in [-0.3, -0.25) is 9.88 Å². The average molecular weight is 246 g/mol. The molecule has 3 heteroatoms. The van der Waals surface area contributed by atoms with Crippen molar-refractivity contribution in [2.45, 2.75) is 32.4 Å². The molecule has 0 aromatic carbocycles. The van der Waals surface area contributed by atoms with E-state index in [4.69, 9.17) is 4.74 Å². The lowest BCUT2D eigenvalue weighted by Gasteiger charge is -2.36. The Balaban J connectivity index is 1.47. The summed E-state index contributed by atoms with van der Waals surface area (Å²) >= 11 is 0. The maximum absolute atomic E-state index is 5.84. The molecule has 2 unspecified atom stereocenters. The molecule has 0 bridgehead atoms. The molecule has 0 amide bonds. The van der Waals surface area contributed by atoms with E-state index in [9.17, 15) is 0 Å². The van der Waals surface area contributed by atoms with Crippen LogP contribution in [-0.4, -0.2) is 35.1 Å². The number of hydrogen-bond donors (Lipinski definition) is 0. The highest BCUT2D eigenvalue weighted by molar-refractivity contribution is 5.03. The first-order valence-corrected chi connectivity index (χ1v) is 6.88. The zero-order valence-corrected chi connectivity index (χ0v) is 11.3. The molecule has 3 nitrogen and oxygen atoms in total. The molecule has 18 heavy (non-hydrogen) atoms. The van der Waals surface area contributed by atoms with Crippen molar-refractivity contribution >= 4 is 0 Å². The first-order chi connectivity index (χ1) is 8.65. The lowest BCUT2D eigenvalue weighted by Crippen LogP contribution is -2.47. The second-order valence-electron chi connectivity index (χ2n) is 6.29. The number of hydrogen-bond acceptors (Lipinski definition) is 3. The van der Waals surface area contributed by atoms with E-state index < -0.39 is 0 Å². The molecule has 2 heterocycles. The van der Waals surface area contributed by atoms with Crippen LogP contribution in [0.25, 0.3) is 0 Å². The summed E-state index contributed by atoms with van der Waals surface area (Å²) in [6.45, 7) is 8.51. The van der Waals surface area contributed by atoms with Gasteiger partial charge in [0.25, 0.3) is 0 Å². The molecule has 1 aliphatic heterocycles. The minimum atomic E-state index is 0.155. The van der Waals surface area contributed by atoms with Crippen LogP contribution >= 0.6 is 0 Å². The van der Waals surface area contributed by atoms with E-state index in [1.54, 1.807) is 0 Å². The van der Waals surface area contributed by atoms with Crippen molar-refractivity contribution in [1.29, 1.82) is 0 Å². The Morgan fingerprint density at radius 1 is 1.33 bits per heavy atom. The maximum Gasteiger partial charge on any atom is 0.0888 e. The second-order valence-corrected chi connectivity index (χ2v) is 6.29. The summed E-state index contributed by atoms with van der Waals surface area (Å²) in [6, 6.07) is 5.95. The van der Waals surface area contributed by atoms with Crippen molar-refractivity contribution in [2.75, 3.05) is 19.7 Å². The largest absolute Gasteiger partial charge is 0.373 e. The Morgan fingerprint density at radius 3 is 2.78 bits per heavy atom. The number of pyridine rings is 1. The summed E-state index contributed by atoms with van der Waals surface area (Å²) in [5.74, 6) is 1.97. The molecule has 1 aromatic rings. The molecule has 2 atom stereocenters. The van der Waals surface area contributed by atoms with E-state index in [0.717, 1.165) is 24.1 Å². The van der Waals surface area contributed by atoms with Crippen LogP contribution in [0.4, 0.5) is 0 Å². The lowest BCUT2D eigenvalue weighted by molar-refractivity contribution is 0.00921. The fraction of sp³-hybridized carbons (Fsp3) is 0.667. The summed E-state index contributed by atoms with van der Waals surface area (Å²) in [4.78, 5) is 6.86. The number of aromatic nitrogens is 1. The fourth-order valence-corrected chi connectivity index (χ4v) is 2.87. The topological polar surface area (TPSA) is 25.4 Å². The fourth-order valence-electron chi connectivity index (χ4n) is 2.87. The monoisotopic (exact) mass is 246 g/mol. The molecule has 0 N–H and O–H groups in total. The van der Waals surface area contributed by atoms with Gasteiger partial charge in [0, 0.05) is 24.8 Å². The van der Waals surface area contributed by atoms with Crippen LogP contribution in [0, 0.1) is 11.8 Å². The smallest absolute Gasteiger partial charge is 0.0888 e. The van der Waals surface area contributed by atoms with Gasteiger partial charge < -0.3 is 4.74 Å². The molecular weight excluding hydrogens is 224 g/mol. The minimum absolute atomic E-state index is 0.155. The van der Waals surface area contributed by atoms with Gasteiger partial charge >= 0.3 is 0 Å². The van der Waals surface area contributed by atoms with E-state index in [-0.39, 0.29) is 5.54 Å². The highest BCUT2D eigenvalue weighted by Crippen LogP contribution is 2.46. The van der Waals surface area contributed by atoms with Gasteiger partial charge in [-0.15, -0.1) is 0 Å². The Kier molecular flexibility index (Phi) is 3.12. The highest BCUT2D eigenvalue weighted by Gasteiger charge is 2.48. The van der Waals surface area contributed by atoms with Gasteiger partial charge in [-0.25, -0.2) is 0 Å². The number of nitrogens with zero attached hydrogens (tertiary/aromatic N) is 2. The van der Waals surface area contributed by atoms with Crippen LogP contribution in [0.5, 0.6) is 0 Å². The quantitative estimate of drug-likeness (QED) is 0.797. The van der Waals surface area contributed by atoms with Crippen molar-refractivity contribution < 1.29 is 4.74 Å². The van der Waals surface area contributed by atoms with Gasteiger partial charge in [-0.2, -0.15) is 0 Å². The SMILES string of the molecule is CC(C)(COCc1ccccn1)N1CC2CC2C1. The number of piperidine rings is 1. The van der Waals surface area contributed by atoms with E-state index in [0.29, 0.717) is 6.61 Å². The van der Waals surface area contributed by atoms with Gasteiger partial charge in [0.05, 0.1) is 18.9 Å². The normalized spacial score (nSPS) is 27.2. The highest BCUT2D eigenvalue weighted by atomic mass is 16.5. The number of ether oxygens (including phenoxy) is 1. The predicted octanol–water partition coefficient (Wildman–Crippen LogP) is 2.33. The van der Waals surface area contributed by atoms with Gasteiger partial charge in [-0.1, -0.05) is 6.07 Å². The van der Waals surface area contributed by atoms with Crippen molar-refractivity contribution in [3.63, 3.8) is 0 Å². The lowest BCUT2D eigenvalue weighted by atomic mass is 10.0. The third-order valence-electron chi connectivity index (χ3n) is 4.27. The summed E-state index contributed by atoms with van der Waals surface area (Å²) in [5.41, 5.74) is 1.17. The Bertz CT molecular complexity index is 394. The van der Waals surface area contributed by atoms with Crippen LogP contribution in [-0.2, 0) is 11.3 Å². The van der Waals surface area contributed by atoms with Crippen LogP contribution in [0.15, 0.2) is 24.4 Å². The van der Waals surface area contributed by atoms with Crippen molar-refractivity contribution in [1.82, 2.24) is 9.88 Å². The maximum atomic E-state index is 5.84. The summed E-state index contributed by atoms with van der Waals surface area (Å²) in [5, 5.41) is 0. The zero-order valence-electron chi connectivity index (χ0n) is 11.3. The Morgan fingerprint density at radius 2 is 2.11 bits per heavy atom. The molecule has 1 aliphatic carbocycles. The summed E-state index contributed by atoms with van der Waals surface area (Å²) in [6.07, 6.45) is 3.28. The molecule has 1 saturated heterocycles. The van der Waals surface area contributed by atoms with Crippen molar-refractivity contribution in [3.8, 4) is 0 Å². The molecule has 2 aliphatic rings. The standard InChI is InChI=1S/C15H22N2O/c1-15(2,17-8-12-7-13(12)9-17)11-18-10-14-5-3-4-6-16-14/h3-6,12-13H,7-11H2,1-2H3. The van der Waals surface area contributed by atoms with E-state index >= 15 is 0 Å². The third-order valence-corrected chi connectivity index (χ3v) is 4.27. The number of likely N-dealkylation sites (tertiary alicyclic amines) is 1. The first-order valence-electron chi connectivity index (χ1n) is 6.88. The number of rotatable bonds is 5. The summed E-state index contributed by atoms with van der Waals surface area (Å²) in [7, 11) is 0. The van der Waals surface area contributed by atoms with E-state index in [1.165, 1.54) is 19.5 Å². The summed E-state index contributed by atoms with van der Waals surface area (Å²) < 4.78 is 5.84. The minimum Gasteiger partial charge on any atom is -0.373 e. The second kappa shape index (κ2) is 4.63. The zero-order chi connectivity index (χ0) is 12.6. The molecule has 98 valence electrons. The van der Waals surface area contributed by atoms with E-state index in [2.05, 4.69) is 23.7 Å². The number of fused-ring (bicyclic) bond motifs is 1. The molecule has 1 aromatic heterocycles. The van der Waals surface area contributed by atoms with E-state index in [1.807, 2.05) is 24.4 Å². The molecule has 1 saturated carbocycles. The molecular formula is C15H22N2O. The molecule has 0 radical (unpaired) electrons.